The lowest BCUT2D eigenvalue weighted by molar-refractivity contribution is -0.143. The topological polar surface area (TPSA) is 56.7 Å². The van der Waals surface area contributed by atoms with Gasteiger partial charge in [-0.15, -0.1) is 5.10 Å². The maximum atomic E-state index is 13.0. The molecule has 1 aromatic heterocycles. The predicted octanol–water partition coefficient (Wildman–Crippen LogP) is 2.71. The molecule has 0 unspecified atom stereocenters. The van der Waals surface area contributed by atoms with Crippen molar-refractivity contribution in [3.05, 3.63) is 40.2 Å². The van der Waals surface area contributed by atoms with Gasteiger partial charge in [0.1, 0.15) is 5.69 Å². The van der Waals surface area contributed by atoms with Gasteiger partial charge in [-0.25, -0.2) is 4.68 Å². The van der Waals surface area contributed by atoms with E-state index in [0.29, 0.717) is 9.70 Å². The highest BCUT2D eigenvalue weighted by Crippen LogP contribution is 2.33. The second kappa shape index (κ2) is 4.82. The zero-order valence-electron chi connectivity index (χ0n) is 9.87. The van der Waals surface area contributed by atoms with Gasteiger partial charge >= 0.3 is 6.18 Å². The first-order valence-corrected chi connectivity index (χ1v) is 5.70. The summed E-state index contributed by atoms with van der Waals surface area (Å²) in [4.78, 5) is 0. The lowest BCUT2D eigenvalue weighted by atomic mass is 10.2. The van der Waals surface area contributed by atoms with Crippen LogP contribution in [0.1, 0.15) is 17.0 Å². The van der Waals surface area contributed by atoms with Gasteiger partial charge in [-0.2, -0.15) is 13.2 Å². The minimum atomic E-state index is -4.59. The Kier molecular flexibility index (Phi) is 3.51. The van der Waals surface area contributed by atoms with Gasteiger partial charge in [0.25, 0.3) is 0 Å². The first-order chi connectivity index (χ1) is 8.84. The Morgan fingerprint density at radius 2 is 2.05 bits per heavy atom. The number of hydrogen-bond donors (Lipinski definition) is 1. The van der Waals surface area contributed by atoms with Crippen molar-refractivity contribution >= 4 is 11.6 Å². The van der Waals surface area contributed by atoms with Crippen molar-refractivity contribution in [2.24, 2.45) is 5.73 Å². The summed E-state index contributed by atoms with van der Waals surface area (Å²) in [5.74, 6) is 0. The van der Waals surface area contributed by atoms with Gasteiger partial charge in [-0.05, 0) is 24.6 Å². The Hall–Kier alpha value is -1.60. The second-order valence-electron chi connectivity index (χ2n) is 3.93. The summed E-state index contributed by atoms with van der Waals surface area (Å²) in [6, 6.07) is 4.51. The highest BCUT2D eigenvalue weighted by atomic mass is 35.5. The molecule has 0 fully saturated rings. The number of hydrogen-bond acceptors (Lipinski definition) is 3. The van der Waals surface area contributed by atoms with Crippen LogP contribution in [0.2, 0.25) is 5.02 Å². The molecular formula is C11H10ClF3N4. The summed E-state index contributed by atoms with van der Waals surface area (Å²) in [5.41, 5.74) is 4.92. The molecule has 0 bridgehead atoms. The number of nitrogens with two attached hydrogens (primary N) is 1. The molecular weight excluding hydrogens is 281 g/mol. The molecule has 0 atom stereocenters. The number of nitrogens with zero attached hydrogens (tertiary/aromatic N) is 3. The Labute approximate surface area is 112 Å². The average Bonchev–Trinajstić information content (AvgIpc) is 2.76. The number of halogens is 4. The second-order valence-corrected chi connectivity index (χ2v) is 4.34. The van der Waals surface area contributed by atoms with Gasteiger partial charge in [-0.1, -0.05) is 22.9 Å². The minimum absolute atomic E-state index is 0.190. The number of benzene rings is 1. The van der Waals surface area contributed by atoms with Gasteiger partial charge in [0.15, 0.2) is 5.69 Å². The third-order valence-electron chi connectivity index (χ3n) is 2.60. The van der Waals surface area contributed by atoms with Crippen LogP contribution in [0, 0.1) is 6.92 Å². The molecule has 0 amide bonds. The number of alkyl halides is 3. The van der Waals surface area contributed by atoms with E-state index in [1.165, 1.54) is 12.1 Å². The summed E-state index contributed by atoms with van der Waals surface area (Å²) in [6.07, 6.45) is -4.59. The van der Waals surface area contributed by atoms with Crippen molar-refractivity contribution in [2.45, 2.75) is 19.6 Å². The van der Waals surface area contributed by atoms with Crippen LogP contribution in [-0.2, 0) is 12.7 Å². The van der Waals surface area contributed by atoms with E-state index in [1.54, 1.807) is 13.0 Å². The quantitative estimate of drug-likeness (QED) is 0.925. The standard InChI is InChI=1S/C11H10ClF3N4/c1-6-2-3-7(4-8(6)12)19-10(11(13,14)15)9(5-16)17-18-19/h2-4H,5,16H2,1H3. The molecule has 0 saturated heterocycles. The molecule has 0 spiro atoms. The fraction of sp³-hybridized carbons (Fsp3) is 0.273. The fourth-order valence-electron chi connectivity index (χ4n) is 1.63. The molecule has 19 heavy (non-hydrogen) atoms. The van der Waals surface area contributed by atoms with Gasteiger partial charge in [0, 0.05) is 11.6 Å². The fourth-order valence-corrected chi connectivity index (χ4v) is 1.80. The number of aryl methyl sites for hydroxylation is 1. The van der Waals surface area contributed by atoms with Crippen molar-refractivity contribution in [1.82, 2.24) is 15.0 Å². The lowest BCUT2D eigenvalue weighted by Crippen LogP contribution is -2.16. The first-order valence-electron chi connectivity index (χ1n) is 5.33. The molecule has 0 aliphatic heterocycles. The minimum Gasteiger partial charge on any atom is -0.325 e. The number of aromatic nitrogens is 3. The molecule has 0 saturated carbocycles. The summed E-state index contributed by atoms with van der Waals surface area (Å²) in [5, 5.41) is 7.31. The van der Waals surface area contributed by atoms with Crippen molar-refractivity contribution in [2.75, 3.05) is 0 Å². The summed E-state index contributed by atoms with van der Waals surface area (Å²) in [6.45, 7) is 1.41. The Balaban J connectivity index is 2.62. The third-order valence-corrected chi connectivity index (χ3v) is 3.01. The summed E-state index contributed by atoms with van der Waals surface area (Å²) in [7, 11) is 0. The first kappa shape index (κ1) is 13.8. The van der Waals surface area contributed by atoms with Crippen LogP contribution in [-0.4, -0.2) is 15.0 Å². The Morgan fingerprint density at radius 3 is 2.58 bits per heavy atom. The van der Waals surface area contributed by atoms with Crippen LogP contribution >= 0.6 is 11.6 Å². The van der Waals surface area contributed by atoms with Crippen LogP contribution in [0.4, 0.5) is 13.2 Å². The highest BCUT2D eigenvalue weighted by Gasteiger charge is 2.39. The lowest BCUT2D eigenvalue weighted by Gasteiger charge is -2.11. The van der Waals surface area contributed by atoms with Crippen LogP contribution < -0.4 is 5.73 Å². The van der Waals surface area contributed by atoms with E-state index in [2.05, 4.69) is 10.3 Å². The molecule has 0 radical (unpaired) electrons. The smallest absolute Gasteiger partial charge is 0.325 e. The van der Waals surface area contributed by atoms with Gasteiger partial charge < -0.3 is 5.73 Å². The van der Waals surface area contributed by atoms with Crippen LogP contribution in [0.3, 0.4) is 0 Å². The molecule has 0 aliphatic carbocycles. The van der Waals surface area contributed by atoms with Crippen molar-refractivity contribution in [3.63, 3.8) is 0 Å². The molecule has 1 aromatic carbocycles. The van der Waals surface area contributed by atoms with E-state index in [4.69, 9.17) is 17.3 Å². The molecule has 1 heterocycles. The molecule has 4 nitrogen and oxygen atoms in total. The number of rotatable bonds is 2. The predicted molar refractivity (Wildman–Crippen MR) is 64.0 cm³/mol. The van der Waals surface area contributed by atoms with Gasteiger partial charge in [-0.3, -0.25) is 0 Å². The van der Waals surface area contributed by atoms with Crippen molar-refractivity contribution in [3.8, 4) is 5.69 Å². The zero-order valence-corrected chi connectivity index (χ0v) is 10.6. The van der Waals surface area contributed by atoms with Gasteiger partial charge in [0.2, 0.25) is 0 Å². The Morgan fingerprint density at radius 1 is 1.37 bits per heavy atom. The van der Waals surface area contributed by atoms with E-state index in [0.717, 1.165) is 5.56 Å². The molecule has 0 aliphatic rings. The average molecular weight is 291 g/mol. The maximum Gasteiger partial charge on any atom is 0.435 e. The maximum absolute atomic E-state index is 13.0. The Bertz CT molecular complexity index is 606. The molecule has 8 heteroatoms. The summed E-state index contributed by atoms with van der Waals surface area (Å²) >= 11 is 5.90. The van der Waals surface area contributed by atoms with Crippen molar-refractivity contribution < 1.29 is 13.2 Å². The van der Waals surface area contributed by atoms with E-state index < -0.39 is 11.9 Å². The van der Waals surface area contributed by atoms with E-state index in [-0.39, 0.29) is 17.9 Å². The highest BCUT2D eigenvalue weighted by molar-refractivity contribution is 6.31. The van der Waals surface area contributed by atoms with Crippen molar-refractivity contribution in [1.29, 1.82) is 0 Å². The van der Waals surface area contributed by atoms with Crippen LogP contribution in [0.25, 0.3) is 5.69 Å². The summed E-state index contributed by atoms with van der Waals surface area (Å²) < 4.78 is 39.7. The van der Waals surface area contributed by atoms with E-state index >= 15 is 0 Å². The molecule has 2 rings (SSSR count). The SMILES string of the molecule is Cc1ccc(-n2nnc(CN)c2C(F)(F)F)cc1Cl. The van der Waals surface area contributed by atoms with Gasteiger partial charge in [0.05, 0.1) is 5.69 Å². The largest absolute Gasteiger partial charge is 0.435 e. The van der Waals surface area contributed by atoms with Crippen LogP contribution in [0.15, 0.2) is 18.2 Å². The van der Waals surface area contributed by atoms with E-state index in [1.807, 2.05) is 0 Å². The monoisotopic (exact) mass is 290 g/mol. The third kappa shape index (κ3) is 2.57. The normalized spacial score (nSPS) is 11.9. The van der Waals surface area contributed by atoms with E-state index in [9.17, 15) is 13.2 Å². The van der Waals surface area contributed by atoms with Crippen LogP contribution in [0.5, 0.6) is 0 Å². The molecule has 102 valence electrons. The zero-order chi connectivity index (χ0) is 14.2. The molecule has 2 aromatic rings. The molecule has 2 N–H and O–H groups in total.